The Hall–Kier alpha value is -3.05. The molecule has 0 aliphatic carbocycles. The molecule has 1 aromatic heterocycles. The van der Waals surface area contributed by atoms with E-state index < -0.39 is 83.0 Å². The van der Waals surface area contributed by atoms with Crippen LogP contribution in [0.2, 0.25) is 0 Å². The topological polar surface area (TPSA) is 231 Å². The molecule has 1 fully saturated rings. The molecule has 0 saturated carbocycles. The number of phenols is 4. The molecule has 9 N–H and O–H groups in total. The van der Waals surface area contributed by atoms with E-state index in [4.69, 9.17) is 13.9 Å². The van der Waals surface area contributed by atoms with E-state index in [1.165, 1.54) is 0 Å². The minimum atomic E-state index is -1.78. The average Bonchev–Trinajstić information content (AvgIpc) is 2.80. The Labute approximate surface area is 215 Å². The van der Waals surface area contributed by atoms with Crippen molar-refractivity contribution in [3.05, 3.63) is 34.5 Å². The van der Waals surface area contributed by atoms with E-state index in [2.05, 4.69) is 0 Å². The third kappa shape index (κ3) is 4.94. The van der Waals surface area contributed by atoms with E-state index in [0.717, 1.165) is 24.3 Å². The van der Waals surface area contributed by atoms with Gasteiger partial charge in [0.25, 0.3) is 0 Å². The summed E-state index contributed by atoms with van der Waals surface area (Å²) < 4.78 is 16.1. The van der Waals surface area contributed by atoms with E-state index in [9.17, 15) is 50.8 Å². The van der Waals surface area contributed by atoms with E-state index in [1.807, 2.05) is 0 Å². The largest absolute Gasteiger partial charge is 0.504 e. The van der Waals surface area contributed by atoms with E-state index >= 15 is 0 Å². The number of aromatic hydroxyl groups is 5. The van der Waals surface area contributed by atoms with Crippen molar-refractivity contribution in [2.24, 2.45) is 0 Å². The Morgan fingerprint density at radius 1 is 0.806 bits per heavy atom. The highest BCUT2D eigenvalue weighted by Crippen LogP contribution is 2.42. The number of benzene rings is 2. The van der Waals surface area contributed by atoms with Gasteiger partial charge in [0.15, 0.2) is 34.5 Å². The second-order valence-electron chi connectivity index (χ2n) is 7.60. The van der Waals surface area contributed by atoms with Crippen LogP contribution in [0.25, 0.3) is 22.3 Å². The maximum atomic E-state index is 12.6. The highest BCUT2D eigenvalue weighted by molar-refractivity contribution is 7.59. The first-order valence-electron chi connectivity index (χ1n) is 9.78. The Bertz CT molecular complexity index is 1290. The minimum absolute atomic E-state index is 0. The summed E-state index contributed by atoms with van der Waals surface area (Å²) in [6, 6.07) is 3.75. The van der Waals surface area contributed by atoms with Crippen LogP contribution in [0.1, 0.15) is 0 Å². The van der Waals surface area contributed by atoms with Crippen LogP contribution in [0.15, 0.2) is 33.5 Å². The zero-order chi connectivity index (χ0) is 24.9. The summed E-state index contributed by atoms with van der Waals surface area (Å²) in [5, 5.41) is 88.5. The first-order chi connectivity index (χ1) is 16.0. The van der Waals surface area contributed by atoms with Gasteiger partial charge in [0.1, 0.15) is 30.0 Å². The Balaban J connectivity index is 0.00000228. The molecule has 13 nitrogen and oxygen atoms in total. The van der Waals surface area contributed by atoms with Crippen molar-refractivity contribution < 1.29 is 59.8 Å². The molecule has 0 spiro atoms. The molecule has 2 aromatic carbocycles. The van der Waals surface area contributed by atoms with Gasteiger partial charge in [-0.05, 0) is 18.2 Å². The summed E-state index contributed by atoms with van der Waals surface area (Å²) in [5.74, 6) is -4.78. The smallest absolute Gasteiger partial charge is 0.235 e. The van der Waals surface area contributed by atoms with Gasteiger partial charge in [0.05, 0.1) is 12.0 Å². The third-order valence-corrected chi connectivity index (χ3v) is 5.37. The molecule has 1 aliphatic heterocycles. The second kappa shape index (κ2) is 10.9. The summed E-state index contributed by atoms with van der Waals surface area (Å²) in [6.07, 6.45) is -8.07. The van der Waals surface area contributed by atoms with Gasteiger partial charge >= 0.3 is 0 Å². The fourth-order valence-corrected chi connectivity index (χ4v) is 3.52. The van der Waals surface area contributed by atoms with Gasteiger partial charge in [-0.3, -0.25) is 4.79 Å². The molecule has 198 valence electrons. The van der Waals surface area contributed by atoms with Gasteiger partial charge in [-0.25, -0.2) is 0 Å². The zero-order valence-corrected chi connectivity index (χ0v) is 20.1. The van der Waals surface area contributed by atoms with E-state index in [-0.39, 0.29) is 43.5 Å². The maximum Gasteiger partial charge on any atom is 0.235 e. The van der Waals surface area contributed by atoms with Gasteiger partial charge in [0, 0.05) is 11.6 Å². The summed E-state index contributed by atoms with van der Waals surface area (Å²) >= 11 is 0. The first kappa shape index (κ1) is 29.2. The van der Waals surface area contributed by atoms with Crippen molar-refractivity contribution in [1.82, 2.24) is 0 Å². The Morgan fingerprint density at radius 3 is 2.00 bits per heavy atom. The highest BCUT2D eigenvalue weighted by atomic mass is 32.1. The predicted octanol–water partition coefficient (Wildman–Crippen LogP) is -0.608. The monoisotopic (exact) mass is 548 g/mol. The molecule has 1 aliphatic rings. The van der Waals surface area contributed by atoms with Crippen molar-refractivity contribution >= 4 is 38.0 Å². The number of fused-ring (bicyclic) bond motifs is 1. The lowest BCUT2D eigenvalue weighted by molar-refractivity contribution is -0.277. The molecule has 3 aromatic rings. The lowest BCUT2D eigenvalue weighted by Gasteiger charge is -2.39. The molecule has 5 atom stereocenters. The predicted molar refractivity (Wildman–Crippen MR) is 131 cm³/mol. The molecule has 2 heterocycles. The fraction of sp³-hybridized carbons (Fsp3) is 0.286. The molecule has 0 amide bonds. The van der Waals surface area contributed by atoms with Crippen LogP contribution in [0.5, 0.6) is 34.5 Å². The molecular weight excluding hydrogens is 524 g/mol. The number of hydrogen-bond acceptors (Lipinski definition) is 13. The minimum Gasteiger partial charge on any atom is -0.504 e. The number of hydrogen-bond donors (Lipinski definition) is 9. The molecule has 15 heteroatoms. The average molecular weight is 549 g/mol. The summed E-state index contributed by atoms with van der Waals surface area (Å²) in [6.45, 7) is -0.710. The zero-order valence-electron chi connectivity index (χ0n) is 18.1. The summed E-state index contributed by atoms with van der Waals surface area (Å²) in [4.78, 5) is 12.6. The number of phenolic OH excluding ortho intramolecular Hbond substituents is 4. The molecule has 4 unspecified atom stereocenters. The fourth-order valence-electron chi connectivity index (χ4n) is 3.52. The first-order valence-corrected chi connectivity index (χ1v) is 9.78. The van der Waals surface area contributed by atoms with Crippen molar-refractivity contribution in [2.75, 3.05) is 6.61 Å². The van der Waals surface area contributed by atoms with Gasteiger partial charge in [-0.15, -0.1) is 0 Å². The maximum absolute atomic E-state index is 12.6. The van der Waals surface area contributed by atoms with Crippen LogP contribution in [0.4, 0.5) is 0 Å². The van der Waals surface area contributed by atoms with Gasteiger partial charge < -0.3 is 59.8 Å². The number of ether oxygens (including phenoxy) is 2. The molecule has 36 heavy (non-hydrogen) atoms. The highest BCUT2D eigenvalue weighted by Gasteiger charge is 2.45. The Morgan fingerprint density at radius 2 is 1.42 bits per heavy atom. The van der Waals surface area contributed by atoms with Crippen molar-refractivity contribution in [3.63, 3.8) is 0 Å². The van der Waals surface area contributed by atoms with Crippen LogP contribution in [-0.2, 0) is 4.74 Å². The van der Waals surface area contributed by atoms with Gasteiger partial charge in [0.2, 0.25) is 17.5 Å². The lowest BCUT2D eigenvalue weighted by atomic mass is 9.99. The SMILES string of the molecule is O=c1c(O)c(-c2cc(O)c(O)c(O)c2)oc2cc(OC3OC(CO)C(O)C(O)[C@H]3O)c(O)cc12.S.S. The molecular formula is C21H24O13S2. The summed E-state index contributed by atoms with van der Waals surface area (Å²) in [5.41, 5.74) is -1.41. The van der Waals surface area contributed by atoms with Crippen molar-refractivity contribution in [3.8, 4) is 45.8 Å². The van der Waals surface area contributed by atoms with Gasteiger partial charge in [-0.1, -0.05) is 0 Å². The quantitative estimate of drug-likeness (QED) is 0.186. The standard InChI is InChI=1S/C21H20O13.2H2S/c22-5-13-16(28)17(29)19(31)21(34-13)33-12-4-11-7(3-8(12)23)14(26)18(30)20(32-11)6-1-9(24)15(27)10(25)2-6;;/h1-4,13,16-17,19,21-25,27-31H,5H2;2*1H2/t13?,16?,17?,19-,21?;;/m1../s1. The summed E-state index contributed by atoms with van der Waals surface area (Å²) in [7, 11) is 0. The second-order valence-corrected chi connectivity index (χ2v) is 7.60. The van der Waals surface area contributed by atoms with Crippen LogP contribution in [0, 0.1) is 0 Å². The van der Waals surface area contributed by atoms with Crippen LogP contribution < -0.4 is 10.2 Å². The van der Waals surface area contributed by atoms with Crippen LogP contribution in [-0.4, -0.2) is 83.3 Å². The van der Waals surface area contributed by atoms with Crippen molar-refractivity contribution in [1.29, 1.82) is 0 Å². The molecule has 4 rings (SSSR count). The molecule has 0 radical (unpaired) electrons. The van der Waals surface area contributed by atoms with E-state index in [1.54, 1.807) is 0 Å². The van der Waals surface area contributed by atoms with Crippen molar-refractivity contribution in [2.45, 2.75) is 30.7 Å². The van der Waals surface area contributed by atoms with Crippen LogP contribution >= 0.6 is 27.0 Å². The molecule has 0 bridgehead atoms. The number of rotatable bonds is 4. The van der Waals surface area contributed by atoms with Crippen LogP contribution in [0.3, 0.4) is 0 Å². The van der Waals surface area contributed by atoms with E-state index in [0.29, 0.717) is 0 Å². The molecule has 1 saturated heterocycles. The number of aliphatic hydroxyl groups excluding tert-OH is 4. The van der Waals surface area contributed by atoms with Gasteiger partial charge in [-0.2, -0.15) is 27.0 Å². The normalized spacial score (nSPS) is 23.5. The Kier molecular flexibility index (Phi) is 8.85. The number of aliphatic hydroxyl groups is 4. The lowest BCUT2D eigenvalue weighted by Crippen LogP contribution is -2.60. The third-order valence-electron chi connectivity index (χ3n) is 5.37.